The molecule has 3 aromatic carbocycles. The molecule has 4 heterocycles. The molecule has 7 rings (SSSR count). The molecule has 4 aromatic rings. The van der Waals surface area contributed by atoms with Gasteiger partial charge >= 0.3 is 12.7 Å². The Bertz CT molecular complexity index is 1960. The monoisotopic (exact) mass is 773 g/mol. The van der Waals surface area contributed by atoms with Gasteiger partial charge in [-0.3, -0.25) is 15.0 Å². The summed E-state index contributed by atoms with van der Waals surface area (Å²) >= 11 is 13.0. The first-order valence-electron chi connectivity index (χ1n) is 17.0. The van der Waals surface area contributed by atoms with Gasteiger partial charge in [-0.2, -0.15) is 8.78 Å². The number of carboxylic acid groups (broad SMARTS) is 1. The standard InChI is InChI=1S/C38H36Cl2F3N3O7/c1-2-51-34-16-24(8-10-33(34)52-37(42)43)26(17-28-29(39)19-45(50)20-30(28)40)27-15-22(7-9-25(27)36(47)48)18-46(32-6-4-3-5-31(32)41)38(49)53-35-21-44-13-11-23(35)12-14-44/h3-10,15-16,19-20,23,26,35,37H,2,11-14,17-18,21H2,1H3,(H-,47,48,50)/t26-,35-/m0/s1. The number of carbonyl (C=O) groups is 2. The number of hydrogen-bond acceptors (Lipinski definition) is 8. The number of hydrogen-bond donors (Lipinski definition) is 1. The van der Waals surface area contributed by atoms with Crippen molar-refractivity contribution in [2.75, 3.05) is 31.1 Å². The molecular formula is C38H36Cl2F3N3O7. The average molecular weight is 775 g/mol. The molecule has 1 N–H and O–H groups in total. The maximum absolute atomic E-state index is 15.3. The van der Waals surface area contributed by atoms with E-state index in [4.69, 9.17) is 32.7 Å². The molecule has 0 spiro atoms. The molecule has 2 atom stereocenters. The van der Waals surface area contributed by atoms with E-state index in [9.17, 15) is 28.7 Å². The normalized spacial score (nSPS) is 18.4. The summed E-state index contributed by atoms with van der Waals surface area (Å²) in [5, 5.41) is 22.8. The van der Waals surface area contributed by atoms with Crippen molar-refractivity contribution in [2.45, 2.75) is 51.4 Å². The fraction of sp³-hybridized carbons (Fsp3) is 0.342. The summed E-state index contributed by atoms with van der Waals surface area (Å²) in [5.41, 5.74) is 1.06. The van der Waals surface area contributed by atoms with Crippen molar-refractivity contribution in [1.29, 1.82) is 0 Å². The van der Waals surface area contributed by atoms with Crippen molar-refractivity contribution in [1.82, 2.24) is 4.90 Å². The molecule has 3 aliphatic rings. The highest BCUT2D eigenvalue weighted by atomic mass is 35.5. The van der Waals surface area contributed by atoms with E-state index >= 15 is 4.39 Å². The van der Waals surface area contributed by atoms with Crippen LogP contribution in [0.2, 0.25) is 10.0 Å². The van der Waals surface area contributed by atoms with E-state index in [2.05, 4.69) is 9.64 Å². The quantitative estimate of drug-likeness (QED) is 0.119. The predicted molar refractivity (Wildman–Crippen MR) is 186 cm³/mol. The van der Waals surface area contributed by atoms with Crippen LogP contribution in [0.5, 0.6) is 11.5 Å². The third-order valence-electron chi connectivity index (χ3n) is 9.63. The Balaban J connectivity index is 1.44. The van der Waals surface area contributed by atoms with Gasteiger partial charge in [0.25, 0.3) is 0 Å². The minimum absolute atomic E-state index is 0.0267. The van der Waals surface area contributed by atoms with Gasteiger partial charge in [0.1, 0.15) is 22.0 Å². The molecule has 0 radical (unpaired) electrons. The fourth-order valence-corrected chi connectivity index (χ4v) is 7.68. The predicted octanol–water partition coefficient (Wildman–Crippen LogP) is 6.63. The van der Waals surface area contributed by atoms with E-state index in [0.717, 1.165) is 25.9 Å². The van der Waals surface area contributed by atoms with E-state index in [1.54, 1.807) is 19.1 Å². The molecule has 3 fully saturated rings. The molecule has 0 aliphatic carbocycles. The number of para-hydroxylation sites is 1. The number of alkyl halides is 2. The molecule has 1 amide bonds. The molecule has 0 unspecified atom stereocenters. The highest BCUT2D eigenvalue weighted by molar-refractivity contribution is 6.35. The first-order chi connectivity index (χ1) is 25.4. The van der Waals surface area contributed by atoms with E-state index in [0.29, 0.717) is 28.0 Å². The molecule has 0 saturated carbocycles. The molecule has 10 nitrogen and oxygen atoms in total. The number of carbonyl (C=O) groups excluding carboxylic acids is 2. The van der Waals surface area contributed by atoms with Gasteiger partial charge in [-0.1, -0.05) is 59.6 Å². The van der Waals surface area contributed by atoms with E-state index in [-0.39, 0.29) is 70.0 Å². The Hall–Kier alpha value is -4.72. The van der Waals surface area contributed by atoms with Crippen molar-refractivity contribution in [3.63, 3.8) is 0 Å². The zero-order valence-corrected chi connectivity index (χ0v) is 30.0. The topological polar surface area (TPSA) is 115 Å². The van der Waals surface area contributed by atoms with Gasteiger partial charge in [0.15, 0.2) is 11.5 Å². The SMILES string of the molecule is CCOc1cc([C@H](Cc2c(Cl)c[n+](O)cc2Cl)c2cc(CN(C(=O)O[C@H]3CN4CCC3CC4)c3ccccc3F)ccc2C(=O)[O-])ccc1OC(F)F. The van der Waals surface area contributed by atoms with Crippen LogP contribution in [0.15, 0.2) is 73.1 Å². The molecule has 1 aromatic heterocycles. The smallest absolute Gasteiger partial charge is 0.415 e. The maximum atomic E-state index is 15.3. The number of fused-ring (bicyclic) bond motifs is 3. The molecule has 3 aliphatic heterocycles. The van der Waals surface area contributed by atoms with Gasteiger partial charge in [-0.05, 0) is 86.1 Å². The summed E-state index contributed by atoms with van der Waals surface area (Å²) in [6.07, 6.45) is 3.01. The number of aromatic nitrogens is 1. The van der Waals surface area contributed by atoms with Crippen LogP contribution in [-0.4, -0.2) is 61.1 Å². The third-order valence-corrected chi connectivity index (χ3v) is 10.3. The molecule has 15 heteroatoms. The fourth-order valence-electron chi connectivity index (χ4n) is 7.07. The van der Waals surface area contributed by atoms with E-state index in [1.165, 1.54) is 65.8 Å². The van der Waals surface area contributed by atoms with Gasteiger partial charge < -0.3 is 24.1 Å². The van der Waals surface area contributed by atoms with Crippen LogP contribution in [0, 0.1) is 11.7 Å². The molecule has 3 saturated heterocycles. The first-order valence-corrected chi connectivity index (χ1v) is 17.8. The summed E-state index contributed by atoms with van der Waals surface area (Å²) in [6.45, 7) is 0.845. The van der Waals surface area contributed by atoms with Crippen molar-refractivity contribution in [3.05, 3.63) is 117 Å². The van der Waals surface area contributed by atoms with Crippen LogP contribution in [0.1, 0.15) is 58.3 Å². The number of ether oxygens (including phenoxy) is 3. The van der Waals surface area contributed by atoms with Crippen LogP contribution in [0.4, 0.5) is 23.7 Å². The second kappa shape index (κ2) is 16.5. The number of aromatic carboxylic acids is 1. The zero-order valence-electron chi connectivity index (χ0n) is 28.5. The Morgan fingerprint density at radius 1 is 1.04 bits per heavy atom. The van der Waals surface area contributed by atoms with Crippen LogP contribution in [0.3, 0.4) is 0 Å². The van der Waals surface area contributed by atoms with Gasteiger partial charge in [0.05, 0.1) is 24.8 Å². The Morgan fingerprint density at radius 3 is 2.38 bits per heavy atom. The second-order valence-corrected chi connectivity index (χ2v) is 13.7. The summed E-state index contributed by atoms with van der Waals surface area (Å²) in [6, 6.07) is 14.3. The lowest BCUT2D eigenvalue weighted by Gasteiger charge is -2.44. The lowest BCUT2D eigenvalue weighted by Crippen LogP contribution is -2.53. The van der Waals surface area contributed by atoms with Crippen LogP contribution < -0.4 is 24.2 Å². The first kappa shape index (κ1) is 38.0. The van der Waals surface area contributed by atoms with Crippen molar-refractivity contribution >= 4 is 41.0 Å². The Labute approximate surface area is 313 Å². The number of benzene rings is 3. The van der Waals surface area contributed by atoms with Crippen LogP contribution >= 0.6 is 23.2 Å². The van der Waals surface area contributed by atoms with Crippen molar-refractivity contribution in [2.24, 2.45) is 5.92 Å². The minimum atomic E-state index is -3.14. The van der Waals surface area contributed by atoms with Crippen molar-refractivity contribution < 1.29 is 52.0 Å². The number of halogens is 5. The van der Waals surface area contributed by atoms with Gasteiger partial charge in [0.2, 0.25) is 12.4 Å². The number of rotatable bonds is 13. The number of pyridine rings is 1. The third kappa shape index (κ3) is 8.75. The Kier molecular flexibility index (Phi) is 11.9. The van der Waals surface area contributed by atoms with Gasteiger partial charge in [0, 0.05) is 28.3 Å². The molecule has 53 heavy (non-hydrogen) atoms. The summed E-state index contributed by atoms with van der Waals surface area (Å²) in [5.74, 6) is -3.17. The van der Waals surface area contributed by atoms with Crippen molar-refractivity contribution in [3.8, 4) is 11.5 Å². The molecular weight excluding hydrogens is 738 g/mol. The lowest BCUT2D eigenvalue weighted by atomic mass is 9.82. The van der Waals surface area contributed by atoms with Gasteiger partial charge in [-0.25, -0.2) is 9.18 Å². The maximum Gasteiger partial charge on any atom is 0.415 e. The number of carboxylic acids is 1. The number of nitrogens with zero attached hydrogens (tertiary/aromatic N) is 3. The zero-order chi connectivity index (χ0) is 37.8. The largest absolute Gasteiger partial charge is 0.545 e. The van der Waals surface area contributed by atoms with E-state index < -0.39 is 30.4 Å². The van der Waals surface area contributed by atoms with Crippen LogP contribution in [-0.2, 0) is 17.7 Å². The second-order valence-electron chi connectivity index (χ2n) is 12.9. The van der Waals surface area contributed by atoms with E-state index in [1.807, 2.05) is 0 Å². The summed E-state index contributed by atoms with van der Waals surface area (Å²) < 4.78 is 58.9. The minimum Gasteiger partial charge on any atom is -0.545 e. The van der Waals surface area contributed by atoms with Crippen LogP contribution in [0.25, 0.3) is 0 Å². The molecule has 2 bridgehead atoms. The number of piperidine rings is 3. The molecule has 280 valence electrons. The number of anilines is 1. The highest BCUT2D eigenvalue weighted by Crippen LogP contribution is 2.40. The summed E-state index contributed by atoms with van der Waals surface area (Å²) in [7, 11) is 0. The summed E-state index contributed by atoms with van der Waals surface area (Å²) in [4.78, 5) is 30.0. The number of amides is 1. The lowest BCUT2D eigenvalue weighted by molar-refractivity contribution is -0.904. The highest BCUT2D eigenvalue weighted by Gasteiger charge is 2.38. The van der Waals surface area contributed by atoms with Gasteiger partial charge in [-0.15, -0.1) is 0 Å². The Morgan fingerprint density at radius 2 is 1.75 bits per heavy atom. The average Bonchev–Trinajstić information content (AvgIpc) is 3.12.